The third-order valence-corrected chi connectivity index (χ3v) is 2.53. The molecule has 0 radical (unpaired) electrons. The fourth-order valence-corrected chi connectivity index (χ4v) is 1.74. The van der Waals surface area contributed by atoms with Gasteiger partial charge >= 0.3 is 0 Å². The van der Waals surface area contributed by atoms with E-state index < -0.39 is 22.3 Å². The number of rotatable bonds is 4. The standard InChI is InChI=1S/C12H16FN3O3/c1-7(2)6-15(3)12(17)8-4-10(14)9(13)5-11(8)16(18)19/h4-5,7H,6,14H2,1-3H3. The highest BCUT2D eigenvalue weighted by Crippen LogP contribution is 2.25. The molecule has 7 heteroatoms. The third kappa shape index (κ3) is 3.40. The molecule has 1 aromatic carbocycles. The van der Waals surface area contributed by atoms with Gasteiger partial charge in [0.25, 0.3) is 11.6 Å². The summed E-state index contributed by atoms with van der Waals surface area (Å²) in [7, 11) is 1.53. The molecule has 1 rings (SSSR count). The topological polar surface area (TPSA) is 89.5 Å². The van der Waals surface area contributed by atoms with Crippen LogP contribution in [0.5, 0.6) is 0 Å². The Kier molecular flexibility index (Phi) is 4.42. The summed E-state index contributed by atoms with van der Waals surface area (Å²) >= 11 is 0. The second kappa shape index (κ2) is 5.64. The molecule has 6 nitrogen and oxygen atoms in total. The molecule has 0 saturated heterocycles. The molecule has 0 heterocycles. The lowest BCUT2D eigenvalue weighted by Crippen LogP contribution is -2.30. The van der Waals surface area contributed by atoms with Crippen LogP contribution in [0.2, 0.25) is 0 Å². The van der Waals surface area contributed by atoms with Crippen LogP contribution < -0.4 is 5.73 Å². The van der Waals surface area contributed by atoms with Crippen molar-refractivity contribution < 1.29 is 14.1 Å². The van der Waals surface area contributed by atoms with E-state index >= 15 is 0 Å². The predicted octanol–water partition coefficient (Wildman–Crippen LogP) is 2.04. The van der Waals surface area contributed by atoms with Gasteiger partial charge in [0.15, 0.2) is 5.82 Å². The number of hydrogen-bond acceptors (Lipinski definition) is 4. The first kappa shape index (κ1) is 14.9. The first-order valence-electron chi connectivity index (χ1n) is 5.73. The number of nitro groups is 1. The van der Waals surface area contributed by atoms with Gasteiger partial charge in [0.2, 0.25) is 0 Å². The maximum Gasteiger partial charge on any atom is 0.285 e. The number of anilines is 1. The van der Waals surface area contributed by atoms with Crippen LogP contribution in [0.15, 0.2) is 12.1 Å². The van der Waals surface area contributed by atoms with Gasteiger partial charge in [-0.1, -0.05) is 13.8 Å². The Morgan fingerprint density at radius 1 is 1.53 bits per heavy atom. The summed E-state index contributed by atoms with van der Waals surface area (Å²) in [5.74, 6) is -1.24. The minimum atomic E-state index is -0.908. The molecule has 1 amide bonds. The maximum absolute atomic E-state index is 13.2. The summed E-state index contributed by atoms with van der Waals surface area (Å²) in [6.07, 6.45) is 0. The lowest BCUT2D eigenvalue weighted by atomic mass is 10.1. The average molecular weight is 269 g/mol. The summed E-state index contributed by atoms with van der Waals surface area (Å²) in [5, 5.41) is 10.9. The molecule has 0 aliphatic carbocycles. The molecule has 2 N–H and O–H groups in total. The van der Waals surface area contributed by atoms with Gasteiger partial charge in [0, 0.05) is 13.6 Å². The first-order chi connectivity index (χ1) is 8.73. The van der Waals surface area contributed by atoms with Crippen LogP contribution in [0.3, 0.4) is 0 Å². The summed E-state index contributed by atoms with van der Waals surface area (Å²) in [6, 6.07) is 1.68. The molecule has 19 heavy (non-hydrogen) atoms. The molecule has 0 atom stereocenters. The molecule has 0 unspecified atom stereocenters. The molecular weight excluding hydrogens is 253 g/mol. The summed E-state index contributed by atoms with van der Waals surface area (Å²) in [4.78, 5) is 23.5. The quantitative estimate of drug-likeness (QED) is 0.514. The number of nitrogens with zero attached hydrogens (tertiary/aromatic N) is 2. The molecule has 0 fully saturated rings. The van der Waals surface area contributed by atoms with Gasteiger partial charge in [-0.25, -0.2) is 4.39 Å². The van der Waals surface area contributed by atoms with Crippen molar-refractivity contribution in [3.05, 3.63) is 33.6 Å². The fraction of sp³-hybridized carbons (Fsp3) is 0.417. The van der Waals surface area contributed by atoms with Gasteiger partial charge in [-0.05, 0) is 12.0 Å². The summed E-state index contributed by atoms with van der Waals surface area (Å²) in [5.41, 5.74) is 4.30. The predicted molar refractivity (Wildman–Crippen MR) is 69.3 cm³/mol. The second-order valence-electron chi connectivity index (χ2n) is 4.73. The Labute approximate surface area is 110 Å². The van der Waals surface area contributed by atoms with E-state index in [0.717, 1.165) is 6.07 Å². The van der Waals surface area contributed by atoms with Crippen molar-refractivity contribution in [2.24, 2.45) is 5.92 Å². The van der Waals surface area contributed by atoms with Crippen molar-refractivity contribution in [3.8, 4) is 0 Å². The third-order valence-electron chi connectivity index (χ3n) is 2.53. The zero-order chi connectivity index (χ0) is 14.7. The Hall–Kier alpha value is -2.18. The van der Waals surface area contributed by atoms with Crippen LogP contribution in [0.1, 0.15) is 24.2 Å². The second-order valence-corrected chi connectivity index (χ2v) is 4.73. The van der Waals surface area contributed by atoms with E-state index in [0.29, 0.717) is 12.6 Å². The van der Waals surface area contributed by atoms with Gasteiger partial charge in [0.1, 0.15) is 5.56 Å². The van der Waals surface area contributed by atoms with Crippen molar-refractivity contribution in [1.29, 1.82) is 0 Å². The Morgan fingerprint density at radius 2 is 2.11 bits per heavy atom. The number of carbonyl (C=O) groups excluding carboxylic acids is 1. The number of nitro benzene ring substituents is 1. The van der Waals surface area contributed by atoms with E-state index in [1.165, 1.54) is 11.9 Å². The SMILES string of the molecule is CC(C)CN(C)C(=O)c1cc(N)c(F)cc1[N+](=O)[O-]. The van der Waals surface area contributed by atoms with Gasteiger partial charge < -0.3 is 10.6 Å². The van der Waals surface area contributed by atoms with Crippen molar-refractivity contribution in [2.45, 2.75) is 13.8 Å². The van der Waals surface area contributed by atoms with Gasteiger partial charge in [-0.2, -0.15) is 0 Å². The highest BCUT2D eigenvalue weighted by Gasteiger charge is 2.25. The monoisotopic (exact) mass is 269 g/mol. The van der Waals surface area contributed by atoms with Crippen molar-refractivity contribution in [3.63, 3.8) is 0 Å². The van der Waals surface area contributed by atoms with Crippen LogP contribution >= 0.6 is 0 Å². The van der Waals surface area contributed by atoms with Gasteiger partial charge in [0.05, 0.1) is 16.7 Å². The molecule has 0 bridgehead atoms. The Bertz CT molecular complexity index is 517. The van der Waals surface area contributed by atoms with Crippen molar-refractivity contribution >= 4 is 17.3 Å². The molecule has 104 valence electrons. The molecule has 0 aliphatic heterocycles. The Morgan fingerprint density at radius 3 is 2.58 bits per heavy atom. The van der Waals surface area contributed by atoms with Crippen LogP contribution in [-0.4, -0.2) is 29.3 Å². The lowest BCUT2D eigenvalue weighted by Gasteiger charge is -2.19. The van der Waals surface area contributed by atoms with E-state index in [2.05, 4.69) is 0 Å². The van der Waals surface area contributed by atoms with E-state index in [1.54, 1.807) is 0 Å². The van der Waals surface area contributed by atoms with E-state index in [1.807, 2.05) is 13.8 Å². The minimum Gasteiger partial charge on any atom is -0.396 e. The largest absolute Gasteiger partial charge is 0.396 e. The lowest BCUT2D eigenvalue weighted by molar-refractivity contribution is -0.385. The Balaban J connectivity index is 3.21. The smallest absolute Gasteiger partial charge is 0.285 e. The number of amides is 1. The first-order valence-corrected chi connectivity index (χ1v) is 5.73. The summed E-state index contributed by atoms with van der Waals surface area (Å²) < 4.78 is 13.2. The zero-order valence-electron chi connectivity index (χ0n) is 11.0. The normalized spacial score (nSPS) is 10.6. The van der Waals surface area contributed by atoms with E-state index in [-0.39, 0.29) is 17.2 Å². The number of benzene rings is 1. The highest BCUT2D eigenvalue weighted by molar-refractivity contribution is 5.99. The fourth-order valence-electron chi connectivity index (χ4n) is 1.74. The molecule has 0 aromatic heterocycles. The van der Waals surface area contributed by atoms with Gasteiger partial charge in [-0.3, -0.25) is 14.9 Å². The molecular formula is C12H16FN3O3. The van der Waals surface area contributed by atoms with Gasteiger partial charge in [-0.15, -0.1) is 0 Å². The molecule has 0 saturated carbocycles. The minimum absolute atomic E-state index is 0.202. The van der Waals surface area contributed by atoms with E-state index in [4.69, 9.17) is 5.73 Å². The van der Waals surface area contributed by atoms with Crippen LogP contribution in [-0.2, 0) is 0 Å². The average Bonchev–Trinajstić information content (AvgIpc) is 2.29. The summed E-state index contributed by atoms with van der Waals surface area (Å²) in [6.45, 7) is 4.27. The molecule has 0 aliphatic rings. The van der Waals surface area contributed by atoms with Crippen molar-refractivity contribution in [1.82, 2.24) is 4.90 Å². The number of halogens is 1. The van der Waals surface area contributed by atoms with Crippen LogP contribution in [0.25, 0.3) is 0 Å². The van der Waals surface area contributed by atoms with Crippen LogP contribution in [0.4, 0.5) is 15.8 Å². The van der Waals surface area contributed by atoms with E-state index in [9.17, 15) is 19.3 Å². The maximum atomic E-state index is 13.2. The molecule has 0 spiro atoms. The van der Waals surface area contributed by atoms with Crippen molar-refractivity contribution in [2.75, 3.05) is 19.3 Å². The highest BCUT2D eigenvalue weighted by atomic mass is 19.1. The number of carbonyl (C=O) groups is 1. The number of nitrogens with two attached hydrogens (primary N) is 1. The molecule has 1 aromatic rings. The number of hydrogen-bond donors (Lipinski definition) is 1. The number of nitrogen functional groups attached to an aromatic ring is 1. The van der Waals surface area contributed by atoms with Crippen LogP contribution in [0, 0.1) is 21.8 Å². The zero-order valence-corrected chi connectivity index (χ0v) is 11.0.